The number of hydrogen-bond acceptors (Lipinski definition) is 4. The monoisotopic (exact) mass is 318 g/mol. The summed E-state index contributed by atoms with van der Waals surface area (Å²) in [6.07, 6.45) is 0.989. The summed E-state index contributed by atoms with van der Waals surface area (Å²) in [5.41, 5.74) is 1.54. The Balaban J connectivity index is 1.80. The number of anilines is 1. The van der Waals surface area contributed by atoms with Gasteiger partial charge in [-0.2, -0.15) is 17.0 Å². The highest BCUT2D eigenvalue weighted by atomic mass is 32.2. The number of nitrogens with zero attached hydrogens (tertiary/aromatic N) is 1. The Bertz CT molecular complexity index is 725. The van der Waals surface area contributed by atoms with E-state index in [0.29, 0.717) is 4.88 Å². The summed E-state index contributed by atoms with van der Waals surface area (Å²) < 4.78 is 13.8. The van der Waals surface area contributed by atoms with Gasteiger partial charge in [0.25, 0.3) is 5.91 Å². The van der Waals surface area contributed by atoms with Crippen molar-refractivity contribution >= 4 is 34.7 Å². The minimum absolute atomic E-state index is 0.0970. The van der Waals surface area contributed by atoms with Gasteiger partial charge >= 0.3 is 0 Å². The highest BCUT2D eigenvalue weighted by Gasteiger charge is 2.18. The summed E-state index contributed by atoms with van der Waals surface area (Å²) in [6.45, 7) is 0. The average Bonchev–Trinajstić information content (AvgIpc) is 2.93. The summed E-state index contributed by atoms with van der Waals surface area (Å²) in [5.74, 6) is 1.12. The number of nitrogens with one attached hydrogen (secondary N) is 1. The molecule has 106 valence electrons. The lowest BCUT2D eigenvalue weighted by atomic mass is 10.2. The zero-order valence-electron chi connectivity index (χ0n) is 11.0. The van der Waals surface area contributed by atoms with Crippen molar-refractivity contribution in [1.29, 1.82) is 5.26 Å². The third-order valence-corrected chi connectivity index (χ3v) is 5.44. The number of carbonyl (C=O) groups is 1. The molecule has 0 spiro atoms. The van der Waals surface area contributed by atoms with Crippen LogP contribution in [0.5, 0.6) is 0 Å². The molecule has 1 aliphatic heterocycles. The molecule has 0 atom stereocenters. The first-order valence-electron chi connectivity index (χ1n) is 6.37. The Morgan fingerprint density at radius 2 is 2.24 bits per heavy atom. The van der Waals surface area contributed by atoms with Crippen molar-refractivity contribution < 1.29 is 9.18 Å². The lowest BCUT2D eigenvalue weighted by Crippen LogP contribution is -2.11. The summed E-state index contributed by atoms with van der Waals surface area (Å²) in [7, 11) is 0. The van der Waals surface area contributed by atoms with Crippen LogP contribution in [0.3, 0.4) is 0 Å². The molecular weight excluding hydrogens is 307 g/mol. The van der Waals surface area contributed by atoms with Gasteiger partial charge in [-0.05, 0) is 42.0 Å². The normalized spacial score (nSPS) is 13.3. The molecule has 6 heteroatoms. The van der Waals surface area contributed by atoms with Crippen LogP contribution >= 0.6 is 23.1 Å². The molecule has 0 saturated carbocycles. The van der Waals surface area contributed by atoms with Crippen molar-refractivity contribution in [3.63, 3.8) is 0 Å². The standard InChI is InChI=1S/C15H11FN2OS2/c16-11-5-9(7-17)1-2-12(11)18-15(19)14-6-10-8-20-4-3-13(10)21-14/h1-2,5-6H,3-4,8H2,(H,18,19). The minimum atomic E-state index is -0.598. The van der Waals surface area contributed by atoms with Gasteiger partial charge in [0.2, 0.25) is 0 Å². The molecule has 0 unspecified atom stereocenters. The van der Waals surface area contributed by atoms with Crippen LogP contribution < -0.4 is 5.32 Å². The van der Waals surface area contributed by atoms with Crippen LogP contribution in [-0.2, 0) is 12.2 Å². The highest BCUT2D eigenvalue weighted by molar-refractivity contribution is 7.98. The maximum absolute atomic E-state index is 13.8. The Morgan fingerprint density at radius 3 is 2.95 bits per heavy atom. The van der Waals surface area contributed by atoms with Gasteiger partial charge in [-0.15, -0.1) is 11.3 Å². The Morgan fingerprint density at radius 1 is 1.38 bits per heavy atom. The van der Waals surface area contributed by atoms with Crippen molar-refractivity contribution in [2.45, 2.75) is 12.2 Å². The predicted molar refractivity (Wildman–Crippen MR) is 83.3 cm³/mol. The number of fused-ring (bicyclic) bond motifs is 1. The molecule has 0 bridgehead atoms. The number of rotatable bonds is 2. The van der Waals surface area contributed by atoms with E-state index in [1.807, 2.05) is 23.9 Å². The number of carbonyl (C=O) groups excluding carboxylic acids is 1. The van der Waals surface area contributed by atoms with Gasteiger partial charge in [0, 0.05) is 10.6 Å². The number of amides is 1. The molecule has 0 saturated heterocycles. The van der Waals surface area contributed by atoms with Gasteiger partial charge in [-0.1, -0.05) is 0 Å². The number of thiophene rings is 1. The van der Waals surface area contributed by atoms with E-state index in [1.54, 1.807) is 0 Å². The van der Waals surface area contributed by atoms with Crippen molar-refractivity contribution in [2.75, 3.05) is 11.1 Å². The van der Waals surface area contributed by atoms with E-state index in [9.17, 15) is 9.18 Å². The maximum Gasteiger partial charge on any atom is 0.265 e. The number of hydrogen-bond donors (Lipinski definition) is 1. The second kappa shape index (κ2) is 5.88. The molecule has 1 amide bonds. The maximum atomic E-state index is 13.8. The second-order valence-corrected chi connectivity index (χ2v) is 6.86. The van der Waals surface area contributed by atoms with E-state index in [1.165, 1.54) is 33.9 Å². The summed E-state index contributed by atoms with van der Waals surface area (Å²) in [4.78, 5) is 14.1. The number of nitriles is 1. The molecule has 2 heterocycles. The summed E-state index contributed by atoms with van der Waals surface area (Å²) >= 11 is 3.33. The third kappa shape index (κ3) is 2.94. The van der Waals surface area contributed by atoms with Gasteiger partial charge in [0.1, 0.15) is 5.82 Å². The van der Waals surface area contributed by atoms with Crippen LogP contribution in [0.25, 0.3) is 0 Å². The zero-order chi connectivity index (χ0) is 14.8. The Labute approximate surface area is 129 Å². The van der Waals surface area contributed by atoms with E-state index in [-0.39, 0.29) is 17.2 Å². The first-order chi connectivity index (χ1) is 10.2. The minimum Gasteiger partial charge on any atom is -0.319 e. The second-order valence-electron chi connectivity index (χ2n) is 4.62. The van der Waals surface area contributed by atoms with Crippen LogP contribution in [0.4, 0.5) is 10.1 Å². The molecule has 0 radical (unpaired) electrons. The highest BCUT2D eigenvalue weighted by Crippen LogP contribution is 2.32. The third-order valence-electron chi connectivity index (χ3n) is 3.20. The number of halogens is 1. The molecule has 3 rings (SSSR count). The van der Waals surface area contributed by atoms with Crippen LogP contribution in [0.1, 0.15) is 25.7 Å². The van der Waals surface area contributed by atoms with Gasteiger partial charge in [-0.3, -0.25) is 4.79 Å². The summed E-state index contributed by atoms with van der Waals surface area (Å²) in [6, 6.07) is 7.76. The van der Waals surface area contributed by atoms with Crippen molar-refractivity contribution in [2.24, 2.45) is 0 Å². The fourth-order valence-electron chi connectivity index (χ4n) is 2.13. The van der Waals surface area contributed by atoms with Crippen LogP contribution in [0.15, 0.2) is 24.3 Å². The lowest BCUT2D eigenvalue weighted by Gasteiger charge is -2.08. The molecule has 2 aromatic rings. The predicted octanol–water partition coefficient (Wildman–Crippen LogP) is 3.80. The molecule has 0 fully saturated rings. The van der Waals surface area contributed by atoms with Gasteiger partial charge in [-0.25, -0.2) is 4.39 Å². The van der Waals surface area contributed by atoms with E-state index < -0.39 is 5.82 Å². The molecular formula is C15H11FN2OS2. The van der Waals surface area contributed by atoms with Crippen LogP contribution in [-0.4, -0.2) is 11.7 Å². The van der Waals surface area contributed by atoms with E-state index >= 15 is 0 Å². The van der Waals surface area contributed by atoms with Gasteiger partial charge in [0.15, 0.2) is 0 Å². The largest absolute Gasteiger partial charge is 0.319 e. The molecule has 1 aromatic carbocycles. The molecule has 3 nitrogen and oxygen atoms in total. The average molecular weight is 318 g/mol. The first-order valence-corrected chi connectivity index (χ1v) is 8.35. The van der Waals surface area contributed by atoms with Crippen molar-refractivity contribution in [3.8, 4) is 6.07 Å². The topological polar surface area (TPSA) is 52.9 Å². The molecule has 1 aromatic heterocycles. The molecule has 21 heavy (non-hydrogen) atoms. The van der Waals surface area contributed by atoms with Gasteiger partial charge in [0.05, 0.1) is 22.2 Å². The number of benzene rings is 1. The Kier molecular flexibility index (Phi) is 3.95. The van der Waals surface area contributed by atoms with Crippen LogP contribution in [0.2, 0.25) is 0 Å². The Hall–Kier alpha value is -1.84. The van der Waals surface area contributed by atoms with Crippen molar-refractivity contribution in [3.05, 3.63) is 51.0 Å². The number of thioether (sulfide) groups is 1. The van der Waals surface area contributed by atoms with E-state index in [2.05, 4.69) is 5.32 Å². The quantitative estimate of drug-likeness (QED) is 0.916. The summed E-state index contributed by atoms with van der Waals surface area (Å²) in [5, 5.41) is 11.3. The fraction of sp³-hybridized carbons (Fsp3) is 0.200. The first kappa shape index (κ1) is 14.1. The fourth-order valence-corrected chi connectivity index (χ4v) is 4.40. The molecule has 1 N–H and O–H groups in total. The van der Waals surface area contributed by atoms with Gasteiger partial charge < -0.3 is 5.32 Å². The SMILES string of the molecule is N#Cc1ccc(NC(=O)c2cc3c(s2)CCSC3)c(F)c1. The van der Waals surface area contributed by atoms with Crippen molar-refractivity contribution in [1.82, 2.24) is 0 Å². The smallest absolute Gasteiger partial charge is 0.265 e. The van der Waals surface area contributed by atoms with E-state index in [0.717, 1.165) is 24.0 Å². The number of aryl methyl sites for hydroxylation is 1. The molecule has 1 aliphatic rings. The zero-order valence-corrected chi connectivity index (χ0v) is 12.6. The lowest BCUT2D eigenvalue weighted by molar-refractivity contribution is 0.103. The van der Waals surface area contributed by atoms with E-state index in [4.69, 9.17) is 5.26 Å². The molecule has 0 aliphatic carbocycles. The van der Waals surface area contributed by atoms with Crippen LogP contribution in [0, 0.1) is 17.1 Å².